The molecule has 5 heteroatoms. The summed E-state index contributed by atoms with van der Waals surface area (Å²) in [4.78, 5) is 22.5. The lowest BCUT2D eigenvalue weighted by atomic mass is 9.78. The Bertz CT molecular complexity index is 286. The fourth-order valence-corrected chi connectivity index (χ4v) is 2.00. The molecule has 15 heavy (non-hydrogen) atoms. The van der Waals surface area contributed by atoms with Crippen LogP contribution in [0.4, 0.5) is 0 Å². The minimum absolute atomic E-state index is 0.0405. The van der Waals surface area contributed by atoms with Gasteiger partial charge in [-0.15, -0.1) is 0 Å². The molecule has 84 valence electrons. The highest BCUT2D eigenvalue weighted by molar-refractivity contribution is 5.90. The van der Waals surface area contributed by atoms with Crippen LogP contribution in [-0.4, -0.2) is 29.9 Å². The topological polar surface area (TPSA) is 84.2 Å². The molecule has 0 aromatic carbocycles. The van der Waals surface area contributed by atoms with Gasteiger partial charge in [-0.3, -0.25) is 9.59 Å². The highest BCUT2D eigenvalue weighted by Crippen LogP contribution is 2.28. The number of carbonyl (C=O) groups is 2. The molecule has 2 amide bonds. The first-order valence-electron chi connectivity index (χ1n) is 5.45. The summed E-state index contributed by atoms with van der Waals surface area (Å²) in [5.41, 5.74) is 5.78. The second-order valence-corrected chi connectivity index (χ2v) is 4.59. The standard InChI is InChI=1S/C10H17N3O2/c11-10(4-1-5-10)6-12-9(15)7-2-3-8(14)13-7/h7H,1-6,11H2,(H,12,15)(H,13,14). The van der Waals surface area contributed by atoms with Crippen LogP contribution in [0.3, 0.4) is 0 Å². The molecule has 2 aliphatic rings. The lowest BCUT2D eigenvalue weighted by Gasteiger charge is -2.38. The van der Waals surface area contributed by atoms with Gasteiger partial charge in [0.25, 0.3) is 0 Å². The molecule has 0 aromatic heterocycles. The van der Waals surface area contributed by atoms with E-state index in [1.54, 1.807) is 0 Å². The molecule has 0 aromatic rings. The van der Waals surface area contributed by atoms with E-state index in [9.17, 15) is 9.59 Å². The van der Waals surface area contributed by atoms with E-state index in [0.717, 1.165) is 19.3 Å². The molecule has 1 aliphatic heterocycles. The van der Waals surface area contributed by atoms with Crippen LogP contribution in [0.5, 0.6) is 0 Å². The lowest BCUT2D eigenvalue weighted by molar-refractivity contribution is -0.126. The van der Waals surface area contributed by atoms with E-state index < -0.39 is 0 Å². The van der Waals surface area contributed by atoms with Crippen molar-refractivity contribution in [3.8, 4) is 0 Å². The van der Waals surface area contributed by atoms with Crippen molar-refractivity contribution >= 4 is 11.8 Å². The van der Waals surface area contributed by atoms with E-state index in [1.165, 1.54) is 0 Å². The molecular formula is C10H17N3O2. The average molecular weight is 211 g/mol. The van der Waals surface area contributed by atoms with Crippen molar-refractivity contribution in [3.05, 3.63) is 0 Å². The highest BCUT2D eigenvalue weighted by Gasteiger charge is 2.34. The van der Waals surface area contributed by atoms with Gasteiger partial charge in [0.2, 0.25) is 11.8 Å². The summed E-state index contributed by atoms with van der Waals surface area (Å²) < 4.78 is 0. The van der Waals surface area contributed by atoms with Crippen molar-refractivity contribution in [1.29, 1.82) is 0 Å². The Morgan fingerprint density at radius 1 is 1.60 bits per heavy atom. The van der Waals surface area contributed by atoms with Gasteiger partial charge in [-0.2, -0.15) is 0 Å². The number of hydrogen-bond donors (Lipinski definition) is 3. The number of amides is 2. The molecule has 4 N–H and O–H groups in total. The maximum absolute atomic E-state index is 11.6. The number of nitrogens with two attached hydrogens (primary N) is 1. The summed E-state index contributed by atoms with van der Waals surface area (Å²) in [5, 5.41) is 5.44. The van der Waals surface area contributed by atoms with Crippen molar-refractivity contribution in [2.75, 3.05) is 6.54 Å². The Labute approximate surface area is 88.8 Å². The molecule has 0 radical (unpaired) electrons. The predicted octanol–water partition coefficient (Wildman–Crippen LogP) is -0.737. The first kappa shape index (κ1) is 10.4. The molecule has 1 unspecified atom stereocenters. The summed E-state index contributed by atoms with van der Waals surface area (Å²) >= 11 is 0. The Morgan fingerprint density at radius 3 is 2.80 bits per heavy atom. The number of hydrogen-bond acceptors (Lipinski definition) is 3. The Balaban J connectivity index is 1.75. The lowest BCUT2D eigenvalue weighted by Crippen LogP contribution is -2.56. The van der Waals surface area contributed by atoms with Crippen LogP contribution in [0, 0.1) is 0 Å². The Hall–Kier alpha value is -1.10. The van der Waals surface area contributed by atoms with Crippen molar-refractivity contribution in [2.45, 2.75) is 43.7 Å². The van der Waals surface area contributed by atoms with E-state index in [4.69, 9.17) is 5.73 Å². The zero-order valence-electron chi connectivity index (χ0n) is 8.71. The molecule has 0 spiro atoms. The van der Waals surface area contributed by atoms with Crippen LogP contribution >= 0.6 is 0 Å². The number of rotatable bonds is 3. The third-order valence-corrected chi connectivity index (χ3v) is 3.28. The normalized spacial score (nSPS) is 28.1. The van der Waals surface area contributed by atoms with Crippen LogP contribution in [0.25, 0.3) is 0 Å². The van der Waals surface area contributed by atoms with Crippen LogP contribution in [0.2, 0.25) is 0 Å². The molecule has 0 bridgehead atoms. The summed E-state index contributed by atoms with van der Waals surface area (Å²) in [6, 6.07) is -0.346. The molecule has 1 saturated heterocycles. The molecule has 2 rings (SSSR count). The van der Waals surface area contributed by atoms with Crippen molar-refractivity contribution in [3.63, 3.8) is 0 Å². The minimum Gasteiger partial charge on any atom is -0.352 e. The fraction of sp³-hybridized carbons (Fsp3) is 0.800. The quantitative estimate of drug-likeness (QED) is 0.575. The van der Waals surface area contributed by atoms with Gasteiger partial charge in [0.05, 0.1) is 0 Å². The maximum Gasteiger partial charge on any atom is 0.242 e. The van der Waals surface area contributed by atoms with E-state index in [2.05, 4.69) is 10.6 Å². The van der Waals surface area contributed by atoms with Crippen LogP contribution in [-0.2, 0) is 9.59 Å². The largest absolute Gasteiger partial charge is 0.352 e. The molecule has 1 aliphatic carbocycles. The first-order valence-corrected chi connectivity index (χ1v) is 5.45. The summed E-state index contributed by atoms with van der Waals surface area (Å²) in [7, 11) is 0. The molecule has 5 nitrogen and oxygen atoms in total. The van der Waals surface area contributed by atoms with Gasteiger partial charge in [0.15, 0.2) is 0 Å². The second-order valence-electron chi connectivity index (χ2n) is 4.59. The first-order chi connectivity index (χ1) is 7.09. The van der Waals surface area contributed by atoms with E-state index in [1.807, 2.05) is 0 Å². The van der Waals surface area contributed by atoms with Crippen LogP contribution < -0.4 is 16.4 Å². The van der Waals surface area contributed by atoms with Crippen molar-refractivity contribution < 1.29 is 9.59 Å². The molecule has 1 heterocycles. The third kappa shape index (κ3) is 2.28. The maximum atomic E-state index is 11.6. The van der Waals surface area contributed by atoms with Gasteiger partial charge in [-0.25, -0.2) is 0 Å². The van der Waals surface area contributed by atoms with Crippen LogP contribution in [0.15, 0.2) is 0 Å². The summed E-state index contributed by atoms with van der Waals surface area (Å²) in [6.07, 6.45) is 4.15. The number of carbonyl (C=O) groups excluding carboxylic acids is 2. The second kappa shape index (κ2) is 3.81. The summed E-state index contributed by atoms with van der Waals surface area (Å²) in [6.45, 7) is 0.526. The van der Waals surface area contributed by atoms with E-state index in [-0.39, 0.29) is 23.4 Å². The van der Waals surface area contributed by atoms with Gasteiger partial charge in [-0.1, -0.05) is 0 Å². The van der Waals surface area contributed by atoms with Gasteiger partial charge in [0, 0.05) is 18.5 Å². The Kier molecular flexibility index (Phi) is 2.65. The molecular weight excluding hydrogens is 194 g/mol. The van der Waals surface area contributed by atoms with Crippen LogP contribution in [0.1, 0.15) is 32.1 Å². The van der Waals surface area contributed by atoms with Gasteiger partial charge in [-0.05, 0) is 25.7 Å². The molecule has 1 saturated carbocycles. The smallest absolute Gasteiger partial charge is 0.242 e. The van der Waals surface area contributed by atoms with E-state index in [0.29, 0.717) is 19.4 Å². The Morgan fingerprint density at radius 2 is 2.33 bits per heavy atom. The van der Waals surface area contributed by atoms with Crippen molar-refractivity contribution in [1.82, 2.24) is 10.6 Å². The zero-order chi connectivity index (χ0) is 10.9. The van der Waals surface area contributed by atoms with Gasteiger partial charge < -0.3 is 16.4 Å². The fourth-order valence-electron chi connectivity index (χ4n) is 2.00. The third-order valence-electron chi connectivity index (χ3n) is 3.28. The molecule has 2 fully saturated rings. The minimum atomic E-state index is -0.346. The highest BCUT2D eigenvalue weighted by atomic mass is 16.2. The van der Waals surface area contributed by atoms with Crippen molar-refractivity contribution in [2.24, 2.45) is 5.73 Å². The van der Waals surface area contributed by atoms with Gasteiger partial charge >= 0.3 is 0 Å². The van der Waals surface area contributed by atoms with E-state index >= 15 is 0 Å². The SMILES string of the molecule is NC1(CNC(=O)C2CCC(=O)N2)CCC1. The zero-order valence-corrected chi connectivity index (χ0v) is 8.71. The monoisotopic (exact) mass is 211 g/mol. The average Bonchev–Trinajstić information content (AvgIpc) is 2.58. The number of nitrogens with one attached hydrogen (secondary N) is 2. The van der Waals surface area contributed by atoms with Gasteiger partial charge in [0.1, 0.15) is 6.04 Å². The summed E-state index contributed by atoms with van der Waals surface area (Å²) in [5.74, 6) is -0.140. The predicted molar refractivity (Wildman–Crippen MR) is 54.9 cm³/mol. The molecule has 1 atom stereocenters.